The third-order valence-corrected chi connectivity index (χ3v) is 15.5. The van der Waals surface area contributed by atoms with E-state index >= 15 is 0 Å². The van der Waals surface area contributed by atoms with E-state index in [-0.39, 0.29) is 27.4 Å². The maximum Gasteiger partial charge on any atom is 0.313 e. The van der Waals surface area contributed by atoms with Crippen LogP contribution in [0.2, 0.25) is 36.3 Å². The number of rotatable bonds is 8. The smallest absolute Gasteiger partial charge is 0.313 e. The summed E-state index contributed by atoms with van der Waals surface area (Å²) in [6, 6.07) is 3.15. The van der Waals surface area contributed by atoms with Gasteiger partial charge >= 0.3 is 5.69 Å². The Balaban J connectivity index is 3.79. The van der Waals surface area contributed by atoms with Gasteiger partial charge in [-0.05, 0) is 42.3 Å². The maximum atomic E-state index is 12.1. The molecule has 0 fully saturated rings. The molecule has 0 aliphatic carbocycles. The summed E-state index contributed by atoms with van der Waals surface area (Å²) < 4.78 is 12.8. The molecule has 0 radical (unpaired) electrons. The fourth-order valence-corrected chi connectivity index (χ4v) is 4.45. The van der Waals surface area contributed by atoms with Gasteiger partial charge in [-0.2, -0.15) is 0 Å². The molecule has 1 N–H and O–H groups in total. The van der Waals surface area contributed by atoms with E-state index in [4.69, 9.17) is 8.85 Å². The van der Waals surface area contributed by atoms with E-state index in [0.29, 0.717) is 11.3 Å². The highest BCUT2D eigenvalue weighted by molar-refractivity contribution is 6.75. The van der Waals surface area contributed by atoms with Gasteiger partial charge in [0.05, 0.1) is 17.1 Å². The van der Waals surface area contributed by atoms with Crippen LogP contribution in [0.25, 0.3) is 0 Å². The van der Waals surface area contributed by atoms with Crippen LogP contribution in [0.3, 0.4) is 0 Å². The number of hydrogen-bond acceptors (Lipinski definition) is 5. The summed E-state index contributed by atoms with van der Waals surface area (Å²) in [5.74, 6) is 0.219. The number of benzene rings is 1. The Morgan fingerprint density at radius 2 is 1.48 bits per heavy atom. The van der Waals surface area contributed by atoms with Gasteiger partial charge in [0.1, 0.15) is 5.75 Å². The van der Waals surface area contributed by atoms with Crippen LogP contribution in [0, 0.1) is 16.0 Å². The van der Waals surface area contributed by atoms with E-state index in [1.54, 1.807) is 12.1 Å². The molecule has 0 amide bonds. The third-order valence-electron chi connectivity index (χ3n) is 6.80. The molecule has 0 aliphatic heterocycles. The number of aliphatic hydroxyl groups is 1. The van der Waals surface area contributed by atoms with Crippen LogP contribution in [0.1, 0.15) is 60.1 Å². The molecule has 0 aromatic heterocycles. The molecular formula is C23H41NO5Si2. The van der Waals surface area contributed by atoms with Gasteiger partial charge in [-0.15, -0.1) is 6.58 Å². The molecule has 0 heterocycles. The van der Waals surface area contributed by atoms with Crippen LogP contribution in [-0.2, 0) is 0 Å². The molecule has 8 heteroatoms. The third kappa shape index (κ3) is 6.20. The monoisotopic (exact) mass is 467 g/mol. The first-order valence-electron chi connectivity index (χ1n) is 10.8. The van der Waals surface area contributed by atoms with Gasteiger partial charge in [-0.1, -0.05) is 54.5 Å². The van der Waals surface area contributed by atoms with Crippen LogP contribution < -0.4 is 8.85 Å². The first-order valence-corrected chi connectivity index (χ1v) is 16.6. The Bertz CT molecular complexity index is 822. The summed E-state index contributed by atoms with van der Waals surface area (Å²) in [6.45, 7) is 26.4. The SMILES string of the molecule is C=C[C@@H](C)[C@H](O)c1cc(O[Si](C)(C)C(C)(C)C)cc([N+](=O)[O-])c1O[Si](C)(C)C(C)(C)C. The fourth-order valence-electron chi connectivity index (χ4n) is 2.40. The molecule has 0 aliphatic rings. The molecular weight excluding hydrogens is 426 g/mol. The molecule has 31 heavy (non-hydrogen) atoms. The van der Waals surface area contributed by atoms with Crippen LogP contribution in [0.15, 0.2) is 24.8 Å². The predicted octanol–water partition coefficient (Wildman–Crippen LogP) is 7.22. The van der Waals surface area contributed by atoms with Gasteiger partial charge in [0, 0.05) is 11.5 Å². The molecule has 0 spiro atoms. The summed E-state index contributed by atoms with van der Waals surface area (Å²) in [4.78, 5) is 11.6. The zero-order valence-electron chi connectivity index (χ0n) is 21.1. The zero-order chi connectivity index (χ0) is 24.6. The summed E-state index contributed by atoms with van der Waals surface area (Å²) in [5, 5.41) is 22.9. The van der Waals surface area contributed by atoms with E-state index in [1.165, 1.54) is 6.07 Å². The molecule has 0 saturated heterocycles. The van der Waals surface area contributed by atoms with Crippen molar-refractivity contribution in [3.63, 3.8) is 0 Å². The van der Waals surface area contributed by atoms with Crippen molar-refractivity contribution in [1.82, 2.24) is 0 Å². The largest absolute Gasteiger partial charge is 0.543 e. The van der Waals surface area contributed by atoms with E-state index in [1.807, 2.05) is 20.0 Å². The predicted molar refractivity (Wildman–Crippen MR) is 133 cm³/mol. The van der Waals surface area contributed by atoms with Gasteiger partial charge < -0.3 is 14.0 Å². The van der Waals surface area contributed by atoms with Crippen LogP contribution in [0.5, 0.6) is 11.5 Å². The average Bonchev–Trinajstić information content (AvgIpc) is 2.58. The molecule has 0 unspecified atom stereocenters. The van der Waals surface area contributed by atoms with Crippen molar-refractivity contribution in [3.05, 3.63) is 40.5 Å². The molecule has 176 valence electrons. The molecule has 1 aromatic carbocycles. The highest BCUT2D eigenvalue weighted by Crippen LogP contribution is 2.47. The quantitative estimate of drug-likeness (QED) is 0.189. The highest BCUT2D eigenvalue weighted by atomic mass is 28.4. The fraction of sp³-hybridized carbons (Fsp3) is 0.652. The van der Waals surface area contributed by atoms with E-state index < -0.39 is 27.7 Å². The van der Waals surface area contributed by atoms with E-state index in [0.717, 1.165) is 0 Å². The van der Waals surface area contributed by atoms with Gasteiger partial charge in [-0.3, -0.25) is 10.1 Å². The lowest BCUT2D eigenvalue weighted by Gasteiger charge is -2.38. The second kappa shape index (κ2) is 9.07. The van der Waals surface area contributed by atoms with Crippen molar-refractivity contribution in [2.75, 3.05) is 0 Å². The minimum Gasteiger partial charge on any atom is -0.543 e. The van der Waals surface area contributed by atoms with E-state index in [2.05, 4.69) is 61.2 Å². The second-order valence-corrected chi connectivity index (χ2v) is 20.8. The van der Waals surface area contributed by atoms with Crippen molar-refractivity contribution in [3.8, 4) is 11.5 Å². The normalized spacial score (nSPS) is 15.2. The molecule has 0 bridgehead atoms. The minimum atomic E-state index is -2.41. The molecule has 6 nitrogen and oxygen atoms in total. The van der Waals surface area contributed by atoms with Crippen molar-refractivity contribution in [2.45, 2.75) is 90.8 Å². The number of aliphatic hydroxyl groups excluding tert-OH is 1. The van der Waals surface area contributed by atoms with Gasteiger partial charge in [0.15, 0.2) is 5.75 Å². The topological polar surface area (TPSA) is 81.8 Å². The first-order chi connectivity index (χ1) is 13.7. The second-order valence-electron chi connectivity index (χ2n) is 11.4. The standard InChI is InChI=1S/C23H41NO5Si2/c1-13-16(2)20(25)18-14-17(28-30(9,10)22(3,4)5)15-19(24(26)27)21(18)29-31(11,12)23(6,7)8/h13-16,20,25H,1H2,2-12H3/t16-,20+/m1/s1. The number of hydrogen-bond donors (Lipinski definition) is 1. The van der Waals surface area contributed by atoms with Gasteiger partial charge in [-0.25, -0.2) is 0 Å². The van der Waals surface area contributed by atoms with Crippen molar-refractivity contribution < 1.29 is 18.9 Å². The Morgan fingerprint density at radius 1 is 1.03 bits per heavy atom. The zero-order valence-corrected chi connectivity index (χ0v) is 23.1. The molecule has 1 aromatic rings. The number of nitro groups is 1. The van der Waals surface area contributed by atoms with Crippen molar-refractivity contribution in [1.29, 1.82) is 0 Å². The van der Waals surface area contributed by atoms with Gasteiger partial charge in [0.25, 0.3) is 8.32 Å². The van der Waals surface area contributed by atoms with Gasteiger partial charge in [0.2, 0.25) is 8.32 Å². The summed E-state index contributed by atoms with van der Waals surface area (Å²) in [6.07, 6.45) is 0.632. The number of nitro benzene ring substituents is 1. The van der Waals surface area contributed by atoms with Crippen molar-refractivity contribution in [2.24, 2.45) is 5.92 Å². The minimum absolute atomic E-state index is 0.0781. The first kappa shape index (κ1) is 27.4. The Morgan fingerprint density at radius 3 is 1.87 bits per heavy atom. The lowest BCUT2D eigenvalue weighted by Crippen LogP contribution is -2.44. The van der Waals surface area contributed by atoms with Crippen LogP contribution in [0.4, 0.5) is 5.69 Å². The Labute approximate surface area is 190 Å². The average molecular weight is 468 g/mol. The Hall–Kier alpha value is -1.65. The van der Waals surface area contributed by atoms with E-state index in [9.17, 15) is 15.2 Å². The van der Waals surface area contributed by atoms with Crippen molar-refractivity contribution >= 4 is 22.3 Å². The lowest BCUT2D eigenvalue weighted by atomic mass is 9.96. The summed E-state index contributed by atoms with van der Waals surface area (Å²) >= 11 is 0. The summed E-state index contributed by atoms with van der Waals surface area (Å²) in [7, 11) is -4.66. The molecule has 0 saturated carbocycles. The van der Waals surface area contributed by atoms with Crippen LogP contribution in [-0.4, -0.2) is 26.7 Å². The Kier molecular flexibility index (Phi) is 8.02. The summed E-state index contributed by atoms with van der Waals surface area (Å²) in [5.41, 5.74) is 0.200. The van der Waals surface area contributed by atoms with Crippen LogP contribution >= 0.6 is 0 Å². The molecule has 1 rings (SSSR count). The molecule has 2 atom stereocenters. The number of nitrogens with zero attached hydrogens (tertiary/aromatic N) is 1. The highest BCUT2D eigenvalue weighted by Gasteiger charge is 2.43. The lowest BCUT2D eigenvalue weighted by molar-refractivity contribution is -0.385. The maximum absolute atomic E-state index is 12.1.